The second kappa shape index (κ2) is 12.1. The maximum absolute atomic E-state index is 4.76. The van der Waals surface area contributed by atoms with E-state index in [0.29, 0.717) is 12.6 Å². The topological polar surface area (TPSA) is 70.4 Å². The summed E-state index contributed by atoms with van der Waals surface area (Å²) in [5, 5.41) is 6.98. The van der Waals surface area contributed by atoms with Crippen molar-refractivity contribution in [2.45, 2.75) is 52.6 Å². The van der Waals surface area contributed by atoms with Gasteiger partial charge in [0.2, 0.25) is 0 Å². The van der Waals surface area contributed by atoms with Gasteiger partial charge in [-0.1, -0.05) is 13.0 Å². The van der Waals surface area contributed by atoms with Crippen LogP contribution in [0.2, 0.25) is 0 Å². The molecule has 0 aromatic carbocycles. The first kappa shape index (κ1) is 23.6. The number of aromatic nitrogens is 3. The fourth-order valence-corrected chi connectivity index (χ4v) is 3.57. The summed E-state index contributed by atoms with van der Waals surface area (Å²) >= 11 is 0. The average molecular weight is 511 g/mol. The Hall–Kier alpha value is -1.68. The number of aliphatic imine (C=N–C) groups is 1. The number of likely N-dealkylation sites (tertiary alicyclic amines) is 1. The first-order valence-electron chi connectivity index (χ1n) is 10.4. The quantitative estimate of drug-likeness (QED) is 0.340. The summed E-state index contributed by atoms with van der Waals surface area (Å²) in [5.41, 5.74) is 1.09. The Bertz CT molecular complexity index is 749. The molecule has 1 aliphatic heterocycles. The van der Waals surface area contributed by atoms with Gasteiger partial charge in [-0.2, -0.15) is 0 Å². The van der Waals surface area contributed by atoms with Crippen LogP contribution < -0.4 is 10.6 Å². The van der Waals surface area contributed by atoms with E-state index in [1.807, 2.05) is 30.0 Å². The molecule has 1 saturated heterocycles. The minimum absolute atomic E-state index is 0. The van der Waals surface area contributed by atoms with E-state index in [-0.39, 0.29) is 24.0 Å². The van der Waals surface area contributed by atoms with Gasteiger partial charge >= 0.3 is 0 Å². The molecular formula is C21H34IN7. The summed E-state index contributed by atoms with van der Waals surface area (Å²) in [5.74, 6) is 2.71. The van der Waals surface area contributed by atoms with Gasteiger partial charge in [0.25, 0.3) is 0 Å². The van der Waals surface area contributed by atoms with Crippen molar-refractivity contribution in [3.8, 4) is 5.82 Å². The Morgan fingerprint density at radius 1 is 1.21 bits per heavy atom. The van der Waals surface area contributed by atoms with Crippen molar-refractivity contribution in [3.63, 3.8) is 0 Å². The average Bonchev–Trinajstić information content (AvgIpc) is 3.14. The molecule has 0 saturated carbocycles. The SMILES string of the molecule is CCCN1CCC(NC(=NCc2ccc(-n3ccnc3C)nc2)NCC)CC1.I. The van der Waals surface area contributed by atoms with Crippen molar-refractivity contribution in [2.75, 3.05) is 26.2 Å². The maximum Gasteiger partial charge on any atom is 0.191 e. The highest BCUT2D eigenvalue weighted by atomic mass is 127. The molecule has 1 fully saturated rings. The summed E-state index contributed by atoms with van der Waals surface area (Å²) < 4.78 is 1.98. The number of piperidine rings is 1. The summed E-state index contributed by atoms with van der Waals surface area (Å²) in [6.07, 6.45) is 9.18. The van der Waals surface area contributed by atoms with Crippen molar-refractivity contribution >= 4 is 29.9 Å². The van der Waals surface area contributed by atoms with Crippen LogP contribution in [0, 0.1) is 6.92 Å². The monoisotopic (exact) mass is 511 g/mol. The number of aryl methyl sites for hydroxylation is 1. The molecule has 0 bridgehead atoms. The summed E-state index contributed by atoms with van der Waals surface area (Å²) in [6, 6.07) is 4.59. The number of guanidine groups is 1. The third kappa shape index (κ3) is 6.95. The molecule has 2 aromatic rings. The maximum atomic E-state index is 4.76. The fraction of sp³-hybridized carbons (Fsp3) is 0.571. The van der Waals surface area contributed by atoms with Crippen LogP contribution in [0.4, 0.5) is 0 Å². The highest BCUT2D eigenvalue weighted by Crippen LogP contribution is 2.11. The van der Waals surface area contributed by atoms with E-state index in [1.165, 1.54) is 38.9 Å². The van der Waals surface area contributed by atoms with Crippen LogP contribution in [-0.2, 0) is 6.54 Å². The zero-order valence-corrected chi connectivity index (χ0v) is 20.1. The van der Waals surface area contributed by atoms with Crippen molar-refractivity contribution in [1.82, 2.24) is 30.1 Å². The Morgan fingerprint density at radius 3 is 2.59 bits per heavy atom. The smallest absolute Gasteiger partial charge is 0.191 e. The van der Waals surface area contributed by atoms with Crippen molar-refractivity contribution in [1.29, 1.82) is 0 Å². The largest absolute Gasteiger partial charge is 0.357 e. The van der Waals surface area contributed by atoms with Crippen LogP contribution in [0.15, 0.2) is 35.7 Å². The lowest BCUT2D eigenvalue weighted by Gasteiger charge is -2.32. The standard InChI is InChI=1S/C21H33N7.HI/c1-4-11-27-12-8-19(9-13-27)26-21(22-5-2)25-16-18-6-7-20(24-15-18)28-14-10-23-17(28)3;/h6-7,10,14-15,19H,4-5,8-9,11-13,16H2,1-3H3,(H2,22,25,26);1H. The molecule has 2 aromatic heterocycles. The fourth-order valence-electron chi connectivity index (χ4n) is 3.57. The third-order valence-corrected chi connectivity index (χ3v) is 5.11. The van der Waals surface area contributed by atoms with Crippen molar-refractivity contribution < 1.29 is 0 Å². The molecule has 7 nitrogen and oxygen atoms in total. The van der Waals surface area contributed by atoms with Crippen molar-refractivity contribution in [2.24, 2.45) is 4.99 Å². The number of nitrogens with zero attached hydrogens (tertiary/aromatic N) is 5. The van der Waals surface area contributed by atoms with Gasteiger partial charge in [0.1, 0.15) is 11.6 Å². The van der Waals surface area contributed by atoms with E-state index in [1.54, 1.807) is 6.20 Å². The van der Waals surface area contributed by atoms with Gasteiger partial charge in [0.05, 0.1) is 6.54 Å². The van der Waals surface area contributed by atoms with Crippen LogP contribution >= 0.6 is 24.0 Å². The van der Waals surface area contributed by atoms with Gasteiger partial charge in [-0.15, -0.1) is 24.0 Å². The number of hydrogen-bond donors (Lipinski definition) is 2. The molecule has 0 unspecified atom stereocenters. The molecular weight excluding hydrogens is 477 g/mol. The van der Waals surface area contributed by atoms with Crippen LogP contribution in [0.5, 0.6) is 0 Å². The van der Waals surface area contributed by atoms with E-state index < -0.39 is 0 Å². The van der Waals surface area contributed by atoms with Crippen molar-refractivity contribution in [3.05, 3.63) is 42.1 Å². The third-order valence-electron chi connectivity index (χ3n) is 5.11. The Kier molecular flexibility index (Phi) is 9.86. The van der Waals surface area contributed by atoms with Gasteiger partial charge in [0, 0.05) is 44.3 Å². The highest BCUT2D eigenvalue weighted by molar-refractivity contribution is 14.0. The van der Waals surface area contributed by atoms with Crippen LogP contribution in [0.3, 0.4) is 0 Å². The lowest BCUT2D eigenvalue weighted by atomic mass is 10.1. The van der Waals surface area contributed by atoms with E-state index in [0.717, 1.165) is 29.7 Å². The zero-order chi connectivity index (χ0) is 19.8. The van der Waals surface area contributed by atoms with Crippen LogP contribution in [0.1, 0.15) is 44.5 Å². The second-order valence-corrected chi connectivity index (χ2v) is 7.32. The Balaban J connectivity index is 0.00000300. The van der Waals surface area contributed by atoms with Gasteiger partial charge in [-0.05, 0) is 51.3 Å². The molecule has 160 valence electrons. The molecule has 0 spiro atoms. The molecule has 8 heteroatoms. The Morgan fingerprint density at radius 2 is 2.00 bits per heavy atom. The number of rotatable bonds is 7. The van der Waals surface area contributed by atoms with E-state index in [2.05, 4.69) is 45.4 Å². The molecule has 0 amide bonds. The highest BCUT2D eigenvalue weighted by Gasteiger charge is 2.19. The summed E-state index contributed by atoms with van der Waals surface area (Å²) in [7, 11) is 0. The summed E-state index contributed by atoms with van der Waals surface area (Å²) in [6.45, 7) is 11.3. The first-order chi connectivity index (χ1) is 13.7. The molecule has 0 aliphatic carbocycles. The molecule has 3 heterocycles. The first-order valence-corrected chi connectivity index (χ1v) is 10.4. The number of imidazole rings is 1. The van der Waals surface area contributed by atoms with Crippen LogP contribution in [0.25, 0.3) is 5.82 Å². The van der Waals surface area contributed by atoms with E-state index in [9.17, 15) is 0 Å². The molecule has 3 rings (SSSR count). The molecule has 0 atom stereocenters. The lowest BCUT2D eigenvalue weighted by molar-refractivity contribution is 0.206. The van der Waals surface area contributed by atoms with Gasteiger partial charge < -0.3 is 15.5 Å². The zero-order valence-electron chi connectivity index (χ0n) is 17.8. The van der Waals surface area contributed by atoms with E-state index in [4.69, 9.17) is 4.99 Å². The normalized spacial score (nSPS) is 15.8. The molecule has 2 N–H and O–H groups in total. The van der Waals surface area contributed by atoms with Crippen LogP contribution in [-0.4, -0.2) is 57.6 Å². The molecule has 29 heavy (non-hydrogen) atoms. The Labute approximate surface area is 191 Å². The van der Waals surface area contributed by atoms with E-state index >= 15 is 0 Å². The molecule has 1 aliphatic rings. The van der Waals surface area contributed by atoms with Gasteiger partial charge in [0.15, 0.2) is 5.96 Å². The van der Waals surface area contributed by atoms with Gasteiger partial charge in [-0.3, -0.25) is 4.57 Å². The second-order valence-electron chi connectivity index (χ2n) is 7.32. The molecule has 0 radical (unpaired) electrons. The summed E-state index contributed by atoms with van der Waals surface area (Å²) in [4.78, 5) is 16.1. The minimum Gasteiger partial charge on any atom is -0.357 e. The number of halogens is 1. The number of hydrogen-bond acceptors (Lipinski definition) is 4. The predicted molar refractivity (Wildman–Crippen MR) is 129 cm³/mol. The predicted octanol–water partition coefficient (Wildman–Crippen LogP) is 3.12. The van der Waals surface area contributed by atoms with Gasteiger partial charge in [-0.25, -0.2) is 15.0 Å². The number of pyridine rings is 1. The number of nitrogens with one attached hydrogen (secondary N) is 2. The lowest BCUT2D eigenvalue weighted by Crippen LogP contribution is -2.48. The minimum atomic E-state index is 0.